The Morgan fingerprint density at radius 2 is 1.01 bits per heavy atom. The van der Waals surface area contributed by atoms with Gasteiger partial charge in [0, 0.05) is 100 Å². The van der Waals surface area contributed by atoms with E-state index in [1.807, 2.05) is 46.3 Å². The molecule has 7 N–H and O–H groups in total. The first-order chi connectivity index (χ1) is 42.6. The number of nitrogens with one attached hydrogen (secondary N) is 7. The lowest BCUT2D eigenvalue weighted by molar-refractivity contribution is -0.141. The van der Waals surface area contributed by atoms with Gasteiger partial charge in [-0.2, -0.15) is 39.5 Å². The molecule has 3 amide bonds. The minimum atomic E-state index is -4.54. The van der Waals surface area contributed by atoms with Gasteiger partial charge < -0.3 is 46.0 Å². The molecule has 0 aliphatic carbocycles. The standard InChI is InChI=1S/C21H19F3N6O.C19H18F4N6O.C19H19F3N6O.4H2/c1-20(2,19(31)27-11-21(22,23)24)30-18-13-6-3-4-8-15(13)28-17(29-18)14-10-26-16-12(14)7-5-9-25-16;1-18(17(30)27-10-19(21,22)23)5-3-7-29(18)16-13(20)9-26-15(28-16)12-8-25-14-11(12)4-2-6-24-14;1-18(17(29)26-11-19(20,21)22)6-3-9-28(18)14-5-8-24-16(27-14)13-10-25-15-12(13)4-2-7-23-15;;;;/h3-10H,11H2,1-2H3,(H,25,26)(H,27,31)(H,28,29,30);2,4,6,8-9H,3,5,7,10H2,1H3,(H,24,25)(H,27,30);2,4-5,7-8,10H,3,6,9,11H2,1H3,(H,23,25)(H,26,29);4*1H/t;2*18-;;;;/m.11..../s1. The van der Waals surface area contributed by atoms with E-state index in [9.17, 15) is 58.3 Å². The number of pyridine rings is 3. The van der Waals surface area contributed by atoms with Crippen LogP contribution in [0.1, 0.15) is 59.1 Å². The van der Waals surface area contributed by atoms with E-state index in [-0.39, 0.29) is 30.3 Å². The van der Waals surface area contributed by atoms with Crippen LogP contribution in [-0.2, 0) is 14.4 Å². The van der Waals surface area contributed by atoms with Crippen molar-refractivity contribution in [2.75, 3.05) is 47.8 Å². The van der Waals surface area contributed by atoms with Gasteiger partial charge in [-0.1, -0.05) is 12.1 Å². The van der Waals surface area contributed by atoms with Gasteiger partial charge in [-0.3, -0.25) is 14.4 Å². The minimum absolute atomic E-state index is 0. The van der Waals surface area contributed by atoms with Crippen LogP contribution in [0.3, 0.4) is 0 Å². The third kappa shape index (κ3) is 13.8. The predicted octanol–water partition coefficient (Wildman–Crippen LogP) is 11.3. The first-order valence-corrected chi connectivity index (χ1v) is 27.9. The number of anilines is 3. The average molecular weight is 1260 g/mol. The topological polar surface area (TPSA) is 269 Å². The molecule has 0 bridgehead atoms. The van der Waals surface area contributed by atoms with Gasteiger partial charge >= 0.3 is 18.5 Å². The number of hydrogen-bond donors (Lipinski definition) is 7. The molecule has 2 saturated heterocycles. The van der Waals surface area contributed by atoms with Crippen molar-refractivity contribution < 1.29 is 64.0 Å². The average Bonchev–Trinajstić information content (AvgIpc) is 1.51. The highest BCUT2D eigenvalue weighted by Gasteiger charge is 2.47. The van der Waals surface area contributed by atoms with Gasteiger partial charge in [0.1, 0.15) is 64.8 Å². The maximum atomic E-state index is 14.7. The lowest BCUT2D eigenvalue weighted by atomic mass is 9.97. The lowest BCUT2D eigenvalue weighted by Crippen LogP contribution is -2.55. The highest BCUT2D eigenvalue weighted by Crippen LogP contribution is 2.38. The molecule has 90 heavy (non-hydrogen) atoms. The van der Waals surface area contributed by atoms with Gasteiger partial charge in [0.05, 0.1) is 11.7 Å². The van der Waals surface area contributed by atoms with E-state index in [4.69, 9.17) is 0 Å². The number of H-pyrrole nitrogens is 3. The first-order valence-electron chi connectivity index (χ1n) is 27.9. The number of amides is 3. The molecular formula is C59H64F10N18O3. The van der Waals surface area contributed by atoms with Crippen molar-refractivity contribution in [3.8, 4) is 34.2 Å². The highest BCUT2D eigenvalue weighted by atomic mass is 19.4. The molecule has 0 spiro atoms. The van der Waals surface area contributed by atoms with Gasteiger partial charge in [-0.25, -0.2) is 49.2 Å². The lowest BCUT2D eigenvalue weighted by Gasteiger charge is -2.35. The van der Waals surface area contributed by atoms with Crippen molar-refractivity contribution in [1.82, 2.24) is 75.8 Å². The fourth-order valence-corrected chi connectivity index (χ4v) is 10.6. The van der Waals surface area contributed by atoms with Gasteiger partial charge in [0.2, 0.25) is 17.7 Å². The van der Waals surface area contributed by atoms with E-state index in [1.54, 1.807) is 91.6 Å². The second-order valence-corrected chi connectivity index (χ2v) is 22.0. The van der Waals surface area contributed by atoms with Crippen LogP contribution in [0.5, 0.6) is 0 Å². The number of aromatic nitrogens is 12. The quantitative estimate of drug-likeness (QED) is 0.0529. The maximum absolute atomic E-state index is 14.7. The molecule has 21 nitrogen and oxygen atoms in total. The number of para-hydroxylation sites is 1. The summed E-state index contributed by atoms with van der Waals surface area (Å²) in [6, 6.07) is 19.8. The SMILES string of the molecule is CC(C)(Nc1nc(-c2c[nH]c3ncccc23)nc2ccccc12)C(=O)NCC(F)(F)F.C[C@]1(C(=O)NCC(F)(F)F)CCCN1c1ccnc(-c2c[nH]c3ncccc23)n1.C[C@]1(C(=O)NCC(F)(F)F)CCCN1c1nc(-c2c[nH]c3ncccc23)ncc1F.[HH].[HH].[HH].[HH]. The normalized spacial score (nSPS) is 17.0. The van der Waals surface area contributed by atoms with Crippen LogP contribution in [0.25, 0.3) is 78.2 Å². The summed E-state index contributed by atoms with van der Waals surface area (Å²) in [4.78, 5) is 89.1. The molecular weight excluding hydrogens is 1200 g/mol. The van der Waals surface area contributed by atoms with Crippen molar-refractivity contribution in [2.45, 2.75) is 88.5 Å². The molecule has 0 unspecified atom stereocenters. The van der Waals surface area contributed by atoms with Crippen LogP contribution >= 0.6 is 0 Å². The Kier molecular flexibility index (Phi) is 17.4. The molecule has 0 saturated carbocycles. The molecule has 10 aromatic rings. The number of hydrogen-bond acceptors (Lipinski definition) is 15. The zero-order chi connectivity index (χ0) is 64.4. The third-order valence-corrected chi connectivity index (χ3v) is 15.2. The van der Waals surface area contributed by atoms with Gasteiger partial charge in [-0.15, -0.1) is 0 Å². The highest BCUT2D eigenvalue weighted by molar-refractivity contribution is 5.98. The summed E-state index contributed by atoms with van der Waals surface area (Å²) in [5.41, 5.74) is 0.860. The van der Waals surface area contributed by atoms with Crippen LogP contribution in [-0.4, -0.2) is 145 Å². The van der Waals surface area contributed by atoms with E-state index in [0.29, 0.717) is 82.5 Å². The predicted molar refractivity (Wildman–Crippen MR) is 322 cm³/mol. The summed E-state index contributed by atoms with van der Waals surface area (Å²) in [6.45, 7) is 2.69. The van der Waals surface area contributed by atoms with Crippen LogP contribution in [0.15, 0.2) is 116 Å². The Morgan fingerprint density at radius 1 is 0.544 bits per heavy atom. The smallest absolute Gasteiger partial charge is 0.356 e. The third-order valence-electron chi connectivity index (χ3n) is 15.2. The Hall–Kier alpha value is -10.1. The Bertz CT molecular complexity index is 4290. The molecule has 9 aromatic heterocycles. The summed E-state index contributed by atoms with van der Waals surface area (Å²) < 4.78 is 127. The largest absolute Gasteiger partial charge is 0.405 e. The maximum Gasteiger partial charge on any atom is 0.405 e. The van der Waals surface area contributed by atoms with E-state index >= 15 is 0 Å². The molecule has 11 heterocycles. The fraction of sp³-hybridized carbons (Fsp3) is 0.322. The second-order valence-electron chi connectivity index (χ2n) is 22.0. The first kappa shape index (κ1) is 62.9. The molecule has 31 heteroatoms. The van der Waals surface area contributed by atoms with Crippen molar-refractivity contribution in [2.24, 2.45) is 0 Å². The minimum Gasteiger partial charge on any atom is -0.356 e. The van der Waals surface area contributed by atoms with Crippen molar-refractivity contribution in [3.63, 3.8) is 0 Å². The van der Waals surface area contributed by atoms with Crippen molar-refractivity contribution in [3.05, 3.63) is 122 Å². The molecule has 1 aromatic carbocycles. The van der Waals surface area contributed by atoms with Gasteiger partial charge in [-0.05, 0) is 108 Å². The summed E-state index contributed by atoms with van der Waals surface area (Å²) in [5.74, 6) is -1.27. The zero-order valence-electron chi connectivity index (χ0n) is 48.3. The number of nitrogens with zero attached hydrogens (tertiary/aromatic N) is 11. The number of benzene rings is 1. The number of carbonyl (C=O) groups is 3. The molecule has 2 aliphatic heterocycles. The Balaban J connectivity index is 0.000000219. The number of aromatic amines is 3. The fourth-order valence-electron chi connectivity index (χ4n) is 10.6. The zero-order valence-corrected chi connectivity index (χ0v) is 48.3. The number of alkyl halides is 9. The monoisotopic (exact) mass is 1260 g/mol. The van der Waals surface area contributed by atoms with Gasteiger partial charge in [0.15, 0.2) is 29.1 Å². The van der Waals surface area contributed by atoms with E-state index in [1.165, 1.54) is 25.7 Å². The van der Waals surface area contributed by atoms with E-state index in [2.05, 4.69) is 65.1 Å². The number of fused-ring (bicyclic) bond motifs is 4. The summed E-state index contributed by atoms with van der Waals surface area (Å²) >= 11 is 0. The molecule has 478 valence electrons. The van der Waals surface area contributed by atoms with E-state index in [0.717, 1.165) is 33.5 Å². The molecule has 0 radical (unpaired) electrons. The molecule has 12 rings (SSSR count). The van der Waals surface area contributed by atoms with Crippen molar-refractivity contribution in [1.29, 1.82) is 0 Å². The van der Waals surface area contributed by atoms with E-state index < -0.39 is 78.3 Å². The van der Waals surface area contributed by atoms with Gasteiger partial charge in [0.25, 0.3) is 0 Å². The second kappa shape index (κ2) is 24.8. The summed E-state index contributed by atoms with van der Waals surface area (Å²) in [7, 11) is 0. The van der Waals surface area contributed by atoms with Crippen LogP contribution in [0, 0.1) is 5.82 Å². The van der Waals surface area contributed by atoms with Crippen LogP contribution in [0.4, 0.5) is 61.4 Å². The molecule has 2 aliphatic rings. The van der Waals surface area contributed by atoms with Crippen LogP contribution < -0.4 is 31.1 Å². The molecule has 2 atom stereocenters. The Labute approximate surface area is 510 Å². The molecule has 2 fully saturated rings. The van der Waals surface area contributed by atoms with Crippen molar-refractivity contribution >= 4 is 79.2 Å². The number of rotatable bonds is 13. The number of halogens is 10. The number of carbonyl (C=O) groups excluding carboxylic acids is 3. The Morgan fingerprint density at radius 3 is 1.54 bits per heavy atom. The summed E-state index contributed by atoms with van der Waals surface area (Å²) in [6.07, 6.45) is 1.09. The van der Waals surface area contributed by atoms with Crippen LogP contribution in [0.2, 0.25) is 0 Å². The summed E-state index contributed by atoms with van der Waals surface area (Å²) in [5, 5.41) is 11.9.